The zero-order chi connectivity index (χ0) is 12.7. The molecular weight excluding hydrogens is 248 g/mol. The molecular formula is C14H29ClN2O. The average Bonchev–Trinajstić information content (AvgIpc) is 2.71. The van der Waals surface area contributed by atoms with E-state index in [0.29, 0.717) is 12.1 Å². The van der Waals surface area contributed by atoms with Crippen molar-refractivity contribution in [2.45, 2.75) is 77.2 Å². The molecule has 2 aliphatic rings. The summed E-state index contributed by atoms with van der Waals surface area (Å²) in [5.41, 5.74) is -0.0122. The first kappa shape index (κ1) is 16.2. The molecule has 108 valence electrons. The van der Waals surface area contributed by atoms with E-state index in [1.165, 1.54) is 19.4 Å². The molecule has 0 saturated carbocycles. The molecule has 2 atom stereocenters. The minimum atomic E-state index is -0.133. The summed E-state index contributed by atoms with van der Waals surface area (Å²) in [5.74, 6) is 0. The first-order valence-electron chi connectivity index (χ1n) is 7.00. The summed E-state index contributed by atoms with van der Waals surface area (Å²) in [4.78, 5) is 2.63. The molecule has 0 radical (unpaired) electrons. The van der Waals surface area contributed by atoms with Gasteiger partial charge in [0.2, 0.25) is 0 Å². The Kier molecular flexibility index (Phi) is 5.10. The van der Waals surface area contributed by atoms with Crippen LogP contribution in [0.4, 0.5) is 0 Å². The Morgan fingerprint density at radius 3 is 2.50 bits per heavy atom. The number of nitrogens with one attached hydrogen (secondary N) is 1. The largest absolute Gasteiger partial charge is 0.359 e. The zero-order valence-corrected chi connectivity index (χ0v) is 13.3. The van der Waals surface area contributed by atoms with E-state index in [1.807, 2.05) is 0 Å². The fourth-order valence-corrected chi connectivity index (χ4v) is 3.44. The van der Waals surface area contributed by atoms with Gasteiger partial charge in [-0.2, -0.15) is 0 Å². The van der Waals surface area contributed by atoms with E-state index < -0.39 is 0 Å². The van der Waals surface area contributed by atoms with Crippen LogP contribution in [0.5, 0.6) is 0 Å². The van der Waals surface area contributed by atoms with E-state index in [0.717, 1.165) is 13.0 Å². The van der Waals surface area contributed by atoms with Gasteiger partial charge in [0, 0.05) is 24.0 Å². The van der Waals surface area contributed by atoms with Gasteiger partial charge in [-0.25, -0.2) is 0 Å². The molecule has 0 spiro atoms. The van der Waals surface area contributed by atoms with Gasteiger partial charge >= 0.3 is 0 Å². The second-order valence-electron chi connectivity index (χ2n) is 6.86. The minimum absolute atomic E-state index is 0. The zero-order valence-electron chi connectivity index (χ0n) is 12.5. The van der Waals surface area contributed by atoms with Crippen molar-refractivity contribution in [3.63, 3.8) is 0 Å². The normalized spacial score (nSPS) is 36.0. The van der Waals surface area contributed by atoms with Gasteiger partial charge < -0.3 is 4.74 Å². The average molecular weight is 277 g/mol. The van der Waals surface area contributed by atoms with Crippen molar-refractivity contribution in [1.82, 2.24) is 10.2 Å². The number of likely N-dealkylation sites (tertiary alicyclic amines) is 1. The summed E-state index contributed by atoms with van der Waals surface area (Å²) in [6.07, 6.45) is 3.76. The highest BCUT2D eigenvalue weighted by Gasteiger charge is 2.43. The molecule has 4 heteroatoms. The Morgan fingerprint density at radius 2 is 2.00 bits per heavy atom. The van der Waals surface area contributed by atoms with Crippen molar-refractivity contribution in [3.8, 4) is 0 Å². The minimum Gasteiger partial charge on any atom is -0.359 e. The first-order chi connectivity index (χ1) is 7.81. The van der Waals surface area contributed by atoms with Gasteiger partial charge in [0.25, 0.3) is 0 Å². The maximum Gasteiger partial charge on any atom is 0.118 e. The van der Waals surface area contributed by atoms with Crippen LogP contribution >= 0.6 is 12.4 Å². The number of rotatable bonds is 3. The maximum atomic E-state index is 6.01. The van der Waals surface area contributed by atoms with Gasteiger partial charge in [-0.15, -0.1) is 12.4 Å². The van der Waals surface area contributed by atoms with E-state index >= 15 is 0 Å². The molecule has 0 amide bonds. The summed E-state index contributed by atoms with van der Waals surface area (Å²) in [6.45, 7) is 13.3. The first-order valence-corrected chi connectivity index (χ1v) is 7.00. The Morgan fingerprint density at radius 1 is 1.33 bits per heavy atom. The van der Waals surface area contributed by atoms with Crippen LogP contribution in [0.3, 0.4) is 0 Å². The summed E-state index contributed by atoms with van der Waals surface area (Å²) < 4.78 is 6.01. The Balaban J connectivity index is 0.00000162. The van der Waals surface area contributed by atoms with Crippen LogP contribution < -0.4 is 5.32 Å². The van der Waals surface area contributed by atoms with Crippen LogP contribution in [-0.4, -0.2) is 41.4 Å². The monoisotopic (exact) mass is 276 g/mol. The summed E-state index contributed by atoms with van der Waals surface area (Å²) in [6, 6.07) is 1.34. The molecule has 2 heterocycles. The Bertz CT molecular complexity index is 283. The number of ether oxygens (including phenoxy) is 1. The van der Waals surface area contributed by atoms with Gasteiger partial charge in [-0.05, 0) is 54.0 Å². The van der Waals surface area contributed by atoms with Crippen molar-refractivity contribution in [2.75, 3.05) is 13.2 Å². The summed E-state index contributed by atoms with van der Waals surface area (Å²) in [5, 5.41) is 3.64. The lowest BCUT2D eigenvalue weighted by atomic mass is 10.0. The fourth-order valence-electron chi connectivity index (χ4n) is 3.44. The molecule has 2 unspecified atom stereocenters. The van der Waals surface area contributed by atoms with E-state index in [2.05, 4.69) is 44.8 Å². The molecule has 2 aliphatic heterocycles. The van der Waals surface area contributed by atoms with Gasteiger partial charge in [0.15, 0.2) is 0 Å². The van der Waals surface area contributed by atoms with Crippen molar-refractivity contribution < 1.29 is 4.74 Å². The van der Waals surface area contributed by atoms with Crippen molar-refractivity contribution in [3.05, 3.63) is 0 Å². The fraction of sp³-hybridized carbons (Fsp3) is 1.00. The quantitative estimate of drug-likeness (QED) is 0.858. The van der Waals surface area contributed by atoms with E-state index in [1.54, 1.807) is 0 Å². The van der Waals surface area contributed by atoms with Gasteiger partial charge in [0.1, 0.15) is 5.72 Å². The lowest BCUT2D eigenvalue weighted by Gasteiger charge is -2.35. The molecule has 1 N–H and O–H groups in total. The predicted molar refractivity (Wildman–Crippen MR) is 78.3 cm³/mol. The van der Waals surface area contributed by atoms with Crippen LogP contribution in [0.25, 0.3) is 0 Å². The van der Waals surface area contributed by atoms with Crippen molar-refractivity contribution in [1.29, 1.82) is 0 Å². The van der Waals surface area contributed by atoms with Gasteiger partial charge in [-0.3, -0.25) is 10.2 Å². The molecule has 2 saturated heterocycles. The van der Waals surface area contributed by atoms with Crippen molar-refractivity contribution >= 4 is 12.4 Å². The number of halogens is 1. The lowest BCUT2D eigenvalue weighted by molar-refractivity contribution is -0.0206. The van der Waals surface area contributed by atoms with Crippen LogP contribution in [0.15, 0.2) is 0 Å². The van der Waals surface area contributed by atoms with Crippen LogP contribution in [-0.2, 0) is 4.74 Å². The number of hydrogen-bond acceptors (Lipinski definition) is 3. The third kappa shape index (κ3) is 3.60. The number of nitrogens with zero attached hydrogens (tertiary/aromatic N) is 1. The van der Waals surface area contributed by atoms with Crippen LogP contribution in [0.2, 0.25) is 0 Å². The summed E-state index contributed by atoms with van der Waals surface area (Å²) >= 11 is 0. The van der Waals surface area contributed by atoms with Crippen molar-refractivity contribution in [2.24, 2.45) is 0 Å². The lowest BCUT2D eigenvalue weighted by Crippen LogP contribution is -2.50. The maximum absolute atomic E-state index is 6.01. The number of hydrogen-bond donors (Lipinski definition) is 1. The Labute approximate surface area is 118 Å². The second-order valence-corrected chi connectivity index (χ2v) is 6.86. The molecule has 2 fully saturated rings. The van der Waals surface area contributed by atoms with Crippen LogP contribution in [0.1, 0.15) is 53.9 Å². The summed E-state index contributed by atoms with van der Waals surface area (Å²) in [7, 11) is 0. The van der Waals surface area contributed by atoms with E-state index in [-0.39, 0.29) is 23.7 Å². The standard InChI is InChI=1S/C14H28N2O.ClH/c1-11(2)16-8-6-7-12(16)9-14(5)15-13(3,4)10-17-14;/h11-12,15H,6-10H2,1-5H3;1H. The predicted octanol–water partition coefficient (Wildman–Crippen LogP) is 2.79. The molecule has 0 aromatic rings. The molecule has 0 bridgehead atoms. The second kappa shape index (κ2) is 5.66. The molecule has 0 aromatic heterocycles. The van der Waals surface area contributed by atoms with Gasteiger partial charge in [-0.1, -0.05) is 0 Å². The van der Waals surface area contributed by atoms with Gasteiger partial charge in [0.05, 0.1) is 6.61 Å². The molecule has 2 rings (SSSR count). The molecule has 3 nitrogen and oxygen atoms in total. The molecule has 0 aliphatic carbocycles. The highest BCUT2D eigenvalue weighted by molar-refractivity contribution is 5.85. The SMILES string of the molecule is CC(C)N1CCCC1CC1(C)NC(C)(C)CO1.Cl. The molecule has 18 heavy (non-hydrogen) atoms. The smallest absolute Gasteiger partial charge is 0.118 e. The van der Waals surface area contributed by atoms with E-state index in [9.17, 15) is 0 Å². The third-order valence-corrected chi connectivity index (χ3v) is 4.07. The highest BCUT2D eigenvalue weighted by atomic mass is 35.5. The topological polar surface area (TPSA) is 24.5 Å². The Hall–Kier alpha value is 0.170. The van der Waals surface area contributed by atoms with Crippen LogP contribution in [0, 0.1) is 0 Å². The molecule has 0 aromatic carbocycles. The third-order valence-electron chi connectivity index (χ3n) is 4.07. The highest BCUT2D eigenvalue weighted by Crippen LogP contribution is 2.32. The van der Waals surface area contributed by atoms with E-state index in [4.69, 9.17) is 4.74 Å².